The number of benzene rings is 1. The molecule has 7 nitrogen and oxygen atoms in total. The number of aliphatic hydroxyl groups excluding tert-OH is 2. The van der Waals surface area contributed by atoms with Gasteiger partial charge < -0.3 is 23.9 Å². The summed E-state index contributed by atoms with van der Waals surface area (Å²) in [6, 6.07) is 10.9. The first-order valence-corrected chi connectivity index (χ1v) is 8.87. The molecule has 7 heteroatoms. The molecule has 0 radical (unpaired) electrons. The Morgan fingerprint density at radius 2 is 1.96 bits per heavy atom. The van der Waals surface area contributed by atoms with Gasteiger partial charge >= 0.3 is 0 Å². The molecule has 0 aliphatic rings. The van der Waals surface area contributed by atoms with E-state index >= 15 is 0 Å². The van der Waals surface area contributed by atoms with Crippen molar-refractivity contribution in [3.8, 4) is 5.88 Å². The summed E-state index contributed by atoms with van der Waals surface area (Å²) in [5, 5.41) is 24.6. The molecule has 3 aromatic rings. The van der Waals surface area contributed by atoms with Crippen LogP contribution in [0.15, 0.2) is 64.3 Å². The minimum absolute atomic E-state index is 0.167. The Morgan fingerprint density at radius 1 is 1.21 bits per heavy atom. The van der Waals surface area contributed by atoms with Crippen LogP contribution >= 0.6 is 0 Å². The van der Waals surface area contributed by atoms with E-state index in [-0.39, 0.29) is 30.9 Å². The molecule has 0 spiro atoms. The van der Waals surface area contributed by atoms with Gasteiger partial charge in [0, 0.05) is 5.56 Å². The van der Waals surface area contributed by atoms with Crippen molar-refractivity contribution < 1.29 is 23.9 Å². The van der Waals surface area contributed by atoms with Crippen molar-refractivity contribution in [2.24, 2.45) is 0 Å². The first-order chi connectivity index (χ1) is 13.6. The summed E-state index contributed by atoms with van der Waals surface area (Å²) in [5.74, 6) is 0.786. The maximum atomic E-state index is 11.0. The highest BCUT2D eigenvalue weighted by molar-refractivity contribution is 5.40. The second-order valence-corrected chi connectivity index (χ2v) is 6.55. The zero-order valence-electron chi connectivity index (χ0n) is 15.9. The highest BCUT2D eigenvalue weighted by atomic mass is 16.5. The Hall–Kier alpha value is -2.87. The fourth-order valence-electron chi connectivity index (χ4n) is 2.99. The molecule has 0 saturated carbocycles. The number of aliphatic hydroxyl groups is 2. The average Bonchev–Trinajstić information content (AvgIpc) is 3.34. The maximum Gasteiger partial charge on any atom is 0.261 e. The molecule has 28 heavy (non-hydrogen) atoms. The molecule has 0 bridgehead atoms. The second kappa shape index (κ2) is 8.88. The molecule has 2 aromatic heterocycles. The van der Waals surface area contributed by atoms with E-state index in [1.165, 1.54) is 6.26 Å². The lowest BCUT2D eigenvalue weighted by molar-refractivity contribution is 0.171. The molecule has 1 aromatic carbocycles. The van der Waals surface area contributed by atoms with Crippen molar-refractivity contribution in [2.75, 3.05) is 14.1 Å². The fraction of sp³-hybridized carbons (Fsp3) is 0.286. The summed E-state index contributed by atoms with van der Waals surface area (Å²) in [4.78, 5) is 1.87. The molecule has 0 aliphatic heterocycles. The number of aromatic nitrogens is 1. The Balaban J connectivity index is 2.00. The molecule has 148 valence electrons. The van der Waals surface area contributed by atoms with Crippen LogP contribution in [-0.4, -0.2) is 34.4 Å². The average molecular weight is 384 g/mol. The van der Waals surface area contributed by atoms with E-state index in [0.29, 0.717) is 16.9 Å². The summed E-state index contributed by atoms with van der Waals surface area (Å²) in [6.07, 6.45) is 1.89. The monoisotopic (exact) mass is 384 g/mol. The van der Waals surface area contributed by atoms with Gasteiger partial charge in [0.2, 0.25) is 0 Å². The van der Waals surface area contributed by atoms with Gasteiger partial charge in [-0.3, -0.25) is 4.90 Å². The number of hydrogen-bond donors (Lipinski definition) is 2. The summed E-state index contributed by atoms with van der Waals surface area (Å²) in [5.41, 5.74) is 1.78. The number of furan rings is 1. The predicted molar refractivity (Wildman–Crippen MR) is 103 cm³/mol. The molecule has 3 rings (SSSR count). The molecule has 2 atom stereocenters. The van der Waals surface area contributed by atoms with Crippen LogP contribution in [0.4, 0.5) is 0 Å². The van der Waals surface area contributed by atoms with Crippen LogP contribution < -0.4 is 4.74 Å². The van der Waals surface area contributed by atoms with Crippen LogP contribution in [0.5, 0.6) is 5.88 Å². The lowest BCUT2D eigenvalue weighted by Crippen LogP contribution is -2.19. The molecule has 0 amide bonds. The van der Waals surface area contributed by atoms with Crippen LogP contribution in [0.25, 0.3) is 0 Å². The van der Waals surface area contributed by atoms with Gasteiger partial charge in [-0.25, -0.2) is 0 Å². The van der Waals surface area contributed by atoms with Crippen molar-refractivity contribution in [1.82, 2.24) is 10.1 Å². The molecule has 0 saturated heterocycles. The highest BCUT2D eigenvalue weighted by Crippen LogP contribution is 2.39. The van der Waals surface area contributed by atoms with Gasteiger partial charge in [-0.2, -0.15) is 0 Å². The summed E-state index contributed by atoms with van der Waals surface area (Å²) < 4.78 is 16.8. The number of nitrogens with zero attached hydrogens (tertiary/aromatic N) is 2. The van der Waals surface area contributed by atoms with Crippen LogP contribution in [0.2, 0.25) is 0 Å². The minimum atomic E-state index is -1.22. The standard InChI is InChI=1S/C21H24N2O5/c1-4-16(23(2)3)20-17(18(25)19-15(12-24)10-11-26-19)21(22-28-20)27-13-14-8-6-5-7-9-14/h4-11,16,18,24-25H,1,12-13H2,2-3H3/t16-,18?/m0/s1. The van der Waals surface area contributed by atoms with Crippen molar-refractivity contribution >= 4 is 0 Å². The zero-order chi connectivity index (χ0) is 20.1. The summed E-state index contributed by atoms with van der Waals surface area (Å²) in [6.45, 7) is 3.84. The van der Waals surface area contributed by atoms with Crippen LogP contribution in [-0.2, 0) is 13.2 Å². The van der Waals surface area contributed by atoms with Gasteiger partial charge in [-0.15, -0.1) is 6.58 Å². The Morgan fingerprint density at radius 3 is 2.61 bits per heavy atom. The topological polar surface area (TPSA) is 92.1 Å². The van der Waals surface area contributed by atoms with Gasteiger partial charge in [0.05, 0.1) is 24.5 Å². The molecule has 0 aliphatic carbocycles. The normalized spacial score (nSPS) is 13.5. The maximum absolute atomic E-state index is 11.0. The van der Waals surface area contributed by atoms with Gasteiger partial charge in [0.25, 0.3) is 5.88 Å². The van der Waals surface area contributed by atoms with E-state index in [2.05, 4.69) is 11.7 Å². The second-order valence-electron chi connectivity index (χ2n) is 6.55. The third kappa shape index (κ3) is 4.01. The summed E-state index contributed by atoms with van der Waals surface area (Å²) in [7, 11) is 3.73. The van der Waals surface area contributed by atoms with Crippen LogP contribution in [0.3, 0.4) is 0 Å². The predicted octanol–water partition coefficient (Wildman–Crippen LogP) is 3.21. The fourth-order valence-corrected chi connectivity index (χ4v) is 2.99. The SMILES string of the molecule is C=C[C@@H](c1onc(OCc2ccccc2)c1C(O)c1occc1CO)N(C)C. The lowest BCUT2D eigenvalue weighted by Gasteiger charge is -2.20. The Bertz CT molecular complexity index is 901. The first-order valence-electron chi connectivity index (χ1n) is 8.87. The summed E-state index contributed by atoms with van der Waals surface area (Å²) >= 11 is 0. The molecule has 2 heterocycles. The van der Waals surface area contributed by atoms with E-state index in [1.807, 2.05) is 49.3 Å². The molecular formula is C21H24N2O5. The third-order valence-electron chi connectivity index (χ3n) is 4.46. The van der Waals surface area contributed by atoms with E-state index in [0.717, 1.165) is 5.56 Å². The van der Waals surface area contributed by atoms with Gasteiger partial charge in [0.15, 0.2) is 5.76 Å². The Labute approximate surface area is 163 Å². The number of likely N-dealkylation sites (N-methyl/N-ethyl adjacent to an activating group) is 1. The van der Waals surface area contributed by atoms with E-state index in [1.54, 1.807) is 12.1 Å². The third-order valence-corrected chi connectivity index (χ3v) is 4.46. The van der Waals surface area contributed by atoms with E-state index < -0.39 is 6.10 Å². The molecule has 2 N–H and O–H groups in total. The van der Waals surface area contributed by atoms with Crippen molar-refractivity contribution in [3.63, 3.8) is 0 Å². The molecule has 1 unspecified atom stereocenters. The highest BCUT2D eigenvalue weighted by Gasteiger charge is 2.33. The van der Waals surface area contributed by atoms with Gasteiger partial charge in [-0.1, -0.05) is 36.4 Å². The number of rotatable bonds is 9. The van der Waals surface area contributed by atoms with Gasteiger partial charge in [0.1, 0.15) is 18.5 Å². The van der Waals surface area contributed by atoms with Crippen molar-refractivity contribution in [2.45, 2.75) is 25.4 Å². The van der Waals surface area contributed by atoms with Crippen molar-refractivity contribution in [3.05, 3.63) is 83.5 Å². The smallest absolute Gasteiger partial charge is 0.261 e. The molecular weight excluding hydrogens is 360 g/mol. The van der Waals surface area contributed by atoms with E-state index in [9.17, 15) is 10.2 Å². The van der Waals surface area contributed by atoms with Crippen LogP contribution in [0.1, 0.15) is 40.4 Å². The van der Waals surface area contributed by atoms with Crippen LogP contribution in [0, 0.1) is 0 Å². The van der Waals surface area contributed by atoms with Crippen molar-refractivity contribution in [1.29, 1.82) is 0 Å². The van der Waals surface area contributed by atoms with Gasteiger partial charge in [-0.05, 0) is 30.9 Å². The number of hydrogen-bond acceptors (Lipinski definition) is 7. The zero-order valence-corrected chi connectivity index (χ0v) is 15.9. The lowest BCUT2D eigenvalue weighted by atomic mass is 10.0. The minimum Gasteiger partial charge on any atom is -0.470 e. The largest absolute Gasteiger partial charge is 0.470 e. The number of ether oxygens (including phenoxy) is 1. The Kier molecular flexibility index (Phi) is 6.30. The quantitative estimate of drug-likeness (QED) is 0.547. The first kappa shape index (κ1) is 19.9. The molecule has 0 fully saturated rings. The van der Waals surface area contributed by atoms with E-state index in [4.69, 9.17) is 13.7 Å².